The van der Waals surface area contributed by atoms with E-state index in [0.29, 0.717) is 12.0 Å². The SMILES string of the molecule is C=CC(C(C)C)N(C)C.O=CC1CCCN1Cc1cccnc1. The van der Waals surface area contributed by atoms with Crippen molar-refractivity contribution < 1.29 is 4.79 Å². The van der Waals surface area contributed by atoms with Gasteiger partial charge in [0.15, 0.2) is 0 Å². The Balaban J connectivity index is 0.000000257. The Kier molecular flexibility index (Phi) is 8.74. The number of likely N-dealkylation sites (N-methyl/N-ethyl adjacent to an activating group) is 1. The quantitative estimate of drug-likeness (QED) is 0.597. The van der Waals surface area contributed by atoms with Gasteiger partial charge in [-0.25, -0.2) is 0 Å². The maximum absolute atomic E-state index is 10.8. The number of hydrogen-bond acceptors (Lipinski definition) is 4. The van der Waals surface area contributed by atoms with Gasteiger partial charge in [-0.1, -0.05) is 26.0 Å². The molecule has 1 fully saturated rings. The van der Waals surface area contributed by atoms with Gasteiger partial charge in [0.1, 0.15) is 6.29 Å². The van der Waals surface area contributed by atoms with E-state index in [1.165, 1.54) is 5.56 Å². The lowest BCUT2D eigenvalue weighted by Crippen LogP contribution is -2.30. The zero-order chi connectivity index (χ0) is 17.2. The van der Waals surface area contributed by atoms with Crippen LogP contribution >= 0.6 is 0 Å². The molecule has 4 heteroatoms. The molecule has 0 aromatic carbocycles. The summed E-state index contributed by atoms with van der Waals surface area (Å²) in [5, 5.41) is 0. The van der Waals surface area contributed by atoms with E-state index in [1.54, 1.807) is 6.20 Å². The van der Waals surface area contributed by atoms with Crippen LogP contribution in [0.3, 0.4) is 0 Å². The lowest BCUT2D eigenvalue weighted by Gasteiger charge is -2.23. The van der Waals surface area contributed by atoms with Gasteiger partial charge in [0.05, 0.1) is 6.04 Å². The van der Waals surface area contributed by atoms with Crippen molar-refractivity contribution in [1.82, 2.24) is 14.8 Å². The van der Waals surface area contributed by atoms with Gasteiger partial charge in [0, 0.05) is 25.0 Å². The van der Waals surface area contributed by atoms with Crippen LogP contribution in [0.1, 0.15) is 32.3 Å². The molecule has 2 unspecified atom stereocenters. The molecule has 2 rings (SSSR count). The number of rotatable bonds is 6. The molecule has 2 atom stereocenters. The summed E-state index contributed by atoms with van der Waals surface area (Å²) in [6.07, 6.45) is 8.81. The highest BCUT2D eigenvalue weighted by Crippen LogP contribution is 2.17. The van der Waals surface area contributed by atoms with E-state index in [9.17, 15) is 4.79 Å². The molecule has 0 N–H and O–H groups in total. The second-order valence-electron chi connectivity index (χ2n) is 6.61. The van der Waals surface area contributed by atoms with Crippen LogP contribution < -0.4 is 0 Å². The Morgan fingerprint density at radius 1 is 1.48 bits per heavy atom. The fourth-order valence-electron chi connectivity index (χ4n) is 3.01. The fourth-order valence-corrected chi connectivity index (χ4v) is 3.01. The number of nitrogens with zero attached hydrogens (tertiary/aromatic N) is 3. The van der Waals surface area contributed by atoms with Crippen LogP contribution in [0, 0.1) is 5.92 Å². The third-order valence-corrected chi connectivity index (χ3v) is 4.20. The smallest absolute Gasteiger partial charge is 0.137 e. The van der Waals surface area contributed by atoms with E-state index in [4.69, 9.17) is 0 Å². The van der Waals surface area contributed by atoms with Gasteiger partial charge < -0.3 is 9.69 Å². The van der Waals surface area contributed by atoms with Crippen LogP contribution in [0.4, 0.5) is 0 Å². The average molecular weight is 317 g/mol. The van der Waals surface area contributed by atoms with Crippen LogP contribution in [0.5, 0.6) is 0 Å². The van der Waals surface area contributed by atoms with Crippen LogP contribution in [0.15, 0.2) is 37.2 Å². The summed E-state index contributed by atoms with van der Waals surface area (Å²) in [6, 6.07) is 4.62. The van der Waals surface area contributed by atoms with Crippen molar-refractivity contribution in [2.45, 2.75) is 45.3 Å². The van der Waals surface area contributed by atoms with Gasteiger partial charge in [-0.15, -0.1) is 6.58 Å². The molecule has 1 aliphatic heterocycles. The monoisotopic (exact) mass is 317 g/mol. The molecule has 128 valence electrons. The van der Waals surface area contributed by atoms with E-state index >= 15 is 0 Å². The predicted molar refractivity (Wildman–Crippen MR) is 96.2 cm³/mol. The molecular weight excluding hydrogens is 286 g/mol. The number of hydrogen-bond donors (Lipinski definition) is 0. The Hall–Kier alpha value is -1.52. The highest BCUT2D eigenvalue weighted by molar-refractivity contribution is 5.58. The first kappa shape index (κ1) is 19.5. The first-order valence-corrected chi connectivity index (χ1v) is 8.36. The maximum Gasteiger partial charge on any atom is 0.137 e. The third kappa shape index (κ3) is 6.63. The minimum atomic E-state index is 0.121. The van der Waals surface area contributed by atoms with Crippen molar-refractivity contribution in [3.63, 3.8) is 0 Å². The number of pyridine rings is 1. The number of carbonyl (C=O) groups excluding carboxylic acids is 1. The maximum atomic E-state index is 10.8. The molecule has 1 aromatic heterocycles. The molecule has 23 heavy (non-hydrogen) atoms. The topological polar surface area (TPSA) is 36.4 Å². The second-order valence-corrected chi connectivity index (χ2v) is 6.61. The normalized spacial score (nSPS) is 19.3. The largest absolute Gasteiger partial charge is 0.303 e. The molecule has 0 aliphatic carbocycles. The van der Waals surface area contributed by atoms with E-state index in [2.05, 4.69) is 49.3 Å². The molecule has 4 nitrogen and oxygen atoms in total. The van der Waals surface area contributed by atoms with Crippen LogP contribution in [0.2, 0.25) is 0 Å². The van der Waals surface area contributed by atoms with Crippen molar-refractivity contribution in [3.8, 4) is 0 Å². The van der Waals surface area contributed by atoms with Crippen molar-refractivity contribution in [2.75, 3.05) is 20.6 Å². The third-order valence-electron chi connectivity index (χ3n) is 4.20. The zero-order valence-electron chi connectivity index (χ0n) is 15.0. The summed E-state index contributed by atoms with van der Waals surface area (Å²) in [4.78, 5) is 19.2. The minimum Gasteiger partial charge on any atom is -0.303 e. The number of likely N-dealkylation sites (tertiary alicyclic amines) is 1. The molecule has 1 aromatic rings. The summed E-state index contributed by atoms with van der Waals surface area (Å²) < 4.78 is 0. The van der Waals surface area contributed by atoms with Gasteiger partial charge in [-0.3, -0.25) is 9.88 Å². The van der Waals surface area contributed by atoms with E-state index in [1.807, 2.05) is 24.4 Å². The average Bonchev–Trinajstić information content (AvgIpc) is 2.96. The summed E-state index contributed by atoms with van der Waals surface area (Å²) in [7, 11) is 4.15. The van der Waals surface area contributed by atoms with E-state index in [-0.39, 0.29) is 6.04 Å². The van der Waals surface area contributed by atoms with Gasteiger partial charge in [0.25, 0.3) is 0 Å². The van der Waals surface area contributed by atoms with Crippen molar-refractivity contribution in [3.05, 3.63) is 42.7 Å². The summed E-state index contributed by atoms with van der Waals surface area (Å²) in [5.74, 6) is 0.664. The van der Waals surface area contributed by atoms with Gasteiger partial charge in [-0.2, -0.15) is 0 Å². The molecule has 1 saturated heterocycles. The van der Waals surface area contributed by atoms with Crippen molar-refractivity contribution in [2.24, 2.45) is 5.92 Å². The number of aromatic nitrogens is 1. The molecule has 0 bridgehead atoms. The van der Waals surface area contributed by atoms with Gasteiger partial charge in [0.2, 0.25) is 0 Å². The summed E-state index contributed by atoms with van der Waals surface area (Å²) >= 11 is 0. The number of carbonyl (C=O) groups is 1. The van der Waals surface area contributed by atoms with Crippen LogP contribution in [-0.2, 0) is 11.3 Å². The molecular formula is C19H31N3O. The highest BCUT2D eigenvalue weighted by atomic mass is 16.1. The fraction of sp³-hybridized carbons (Fsp3) is 0.579. The van der Waals surface area contributed by atoms with Gasteiger partial charge in [-0.05, 0) is 51.0 Å². The van der Waals surface area contributed by atoms with E-state index in [0.717, 1.165) is 32.2 Å². The Morgan fingerprint density at radius 3 is 2.65 bits per heavy atom. The molecule has 0 radical (unpaired) electrons. The Labute approximate surface area is 141 Å². The Morgan fingerprint density at radius 2 is 2.22 bits per heavy atom. The van der Waals surface area contributed by atoms with E-state index < -0.39 is 0 Å². The lowest BCUT2D eigenvalue weighted by molar-refractivity contribution is -0.111. The molecule has 1 aliphatic rings. The van der Waals surface area contributed by atoms with Crippen molar-refractivity contribution in [1.29, 1.82) is 0 Å². The Bertz CT molecular complexity index is 451. The highest BCUT2D eigenvalue weighted by Gasteiger charge is 2.23. The summed E-state index contributed by atoms with van der Waals surface area (Å²) in [5.41, 5.74) is 1.18. The molecule has 0 amide bonds. The first-order chi connectivity index (χ1) is 11.0. The minimum absolute atomic E-state index is 0.121. The zero-order valence-corrected chi connectivity index (χ0v) is 15.0. The first-order valence-electron chi connectivity index (χ1n) is 8.36. The van der Waals surface area contributed by atoms with Crippen LogP contribution in [0.25, 0.3) is 0 Å². The number of aldehydes is 1. The van der Waals surface area contributed by atoms with Crippen molar-refractivity contribution >= 4 is 6.29 Å². The lowest BCUT2D eigenvalue weighted by atomic mass is 10.0. The predicted octanol–water partition coefficient (Wildman–Crippen LogP) is 3.00. The molecule has 0 spiro atoms. The summed E-state index contributed by atoms with van der Waals surface area (Å²) in [6.45, 7) is 10.0. The second kappa shape index (κ2) is 10.3. The van der Waals surface area contributed by atoms with Gasteiger partial charge >= 0.3 is 0 Å². The van der Waals surface area contributed by atoms with Crippen LogP contribution in [-0.4, -0.2) is 53.8 Å². The molecule has 2 heterocycles. The molecule has 0 saturated carbocycles. The standard InChI is InChI=1S/C11H14N2O.C8H17N/c14-9-11-4-2-6-13(11)8-10-3-1-5-12-7-10;1-6-8(7(2)3)9(4)5/h1,3,5,7,9,11H,2,4,6,8H2;6-8H,1H2,2-5H3.